The largest absolute Gasteiger partial charge is 0.281 e. The number of para-hydroxylation sites is 1. The van der Waals surface area contributed by atoms with Crippen molar-refractivity contribution in [3.63, 3.8) is 0 Å². The van der Waals surface area contributed by atoms with Crippen LogP contribution in [0, 0.1) is 25.2 Å². The number of aromatic nitrogens is 2. The lowest BCUT2D eigenvalue weighted by Crippen LogP contribution is -2.02. The Morgan fingerprint density at radius 1 is 1.32 bits per heavy atom. The van der Waals surface area contributed by atoms with Gasteiger partial charge in [-0.25, -0.2) is 4.98 Å². The van der Waals surface area contributed by atoms with Gasteiger partial charge in [0.15, 0.2) is 5.65 Å². The van der Waals surface area contributed by atoms with Crippen LogP contribution in [0.25, 0.3) is 16.7 Å². The van der Waals surface area contributed by atoms with Gasteiger partial charge in [0.1, 0.15) is 11.2 Å². The minimum Gasteiger partial charge on any atom is -0.281 e. The van der Waals surface area contributed by atoms with Crippen LogP contribution in [0.5, 0.6) is 0 Å². The van der Waals surface area contributed by atoms with E-state index in [0.717, 1.165) is 47.0 Å². The predicted molar refractivity (Wildman–Crippen MR) is 90.5 cm³/mol. The number of aryl methyl sites for hydroxylation is 1. The van der Waals surface area contributed by atoms with E-state index in [1.165, 1.54) is 0 Å². The summed E-state index contributed by atoms with van der Waals surface area (Å²) >= 11 is 6.70. The first-order valence-corrected chi connectivity index (χ1v) is 7.96. The van der Waals surface area contributed by atoms with Gasteiger partial charge >= 0.3 is 0 Å². The van der Waals surface area contributed by atoms with E-state index in [-0.39, 0.29) is 0 Å². The fraction of sp³-hybridized carbons (Fsp3) is 0.333. The molecule has 0 aliphatic carbocycles. The Labute approximate surface area is 135 Å². The third-order valence-electron chi connectivity index (χ3n) is 4.28. The number of hydrogen-bond donors (Lipinski definition) is 0. The van der Waals surface area contributed by atoms with Crippen LogP contribution in [0.3, 0.4) is 0 Å². The smallest absolute Gasteiger partial charge is 0.157 e. The summed E-state index contributed by atoms with van der Waals surface area (Å²) in [6, 6.07) is 8.36. The van der Waals surface area contributed by atoms with Crippen molar-refractivity contribution in [2.24, 2.45) is 0 Å². The van der Waals surface area contributed by atoms with E-state index >= 15 is 0 Å². The van der Waals surface area contributed by atoms with Gasteiger partial charge in [-0.2, -0.15) is 5.26 Å². The van der Waals surface area contributed by atoms with Crippen LogP contribution in [0.15, 0.2) is 18.2 Å². The Hall–Kier alpha value is -2.05. The van der Waals surface area contributed by atoms with Crippen molar-refractivity contribution in [1.29, 1.82) is 5.26 Å². The number of nitriles is 1. The molecule has 0 radical (unpaired) electrons. The van der Waals surface area contributed by atoms with Crippen LogP contribution in [-0.2, 0) is 6.42 Å². The molecule has 0 saturated heterocycles. The first kappa shape index (κ1) is 14.9. The summed E-state index contributed by atoms with van der Waals surface area (Å²) in [5, 5.41) is 10.3. The number of hydrogen-bond acceptors (Lipinski definition) is 2. The van der Waals surface area contributed by atoms with E-state index in [1.54, 1.807) is 0 Å². The standard InChI is InChI=1S/C18H18ClN3/c1-4-5-8-13-12(3)14(10-20)18-21-16-11(2)7-6-9-15(16)22(18)17(13)19/h6-7,9H,4-5,8H2,1-3H3. The average molecular weight is 312 g/mol. The van der Waals surface area contributed by atoms with Gasteiger partial charge in [-0.15, -0.1) is 0 Å². The van der Waals surface area contributed by atoms with Crippen molar-refractivity contribution in [1.82, 2.24) is 9.38 Å². The molecule has 3 nitrogen and oxygen atoms in total. The maximum absolute atomic E-state index is 9.61. The molecule has 2 heterocycles. The van der Waals surface area contributed by atoms with Crippen LogP contribution in [0.1, 0.15) is 42.0 Å². The van der Waals surface area contributed by atoms with E-state index in [4.69, 9.17) is 11.6 Å². The molecule has 0 aliphatic heterocycles. The van der Waals surface area contributed by atoms with Crippen LogP contribution < -0.4 is 0 Å². The van der Waals surface area contributed by atoms with Crippen LogP contribution in [0.4, 0.5) is 0 Å². The topological polar surface area (TPSA) is 41.1 Å². The van der Waals surface area contributed by atoms with Gasteiger partial charge in [0.05, 0.1) is 16.6 Å². The number of unbranched alkanes of at least 4 members (excludes halogenated alkanes) is 1. The number of rotatable bonds is 3. The van der Waals surface area contributed by atoms with E-state index in [2.05, 4.69) is 18.0 Å². The third-order valence-corrected chi connectivity index (χ3v) is 4.67. The normalized spacial score (nSPS) is 11.2. The molecular formula is C18H18ClN3. The molecule has 3 aromatic rings. The van der Waals surface area contributed by atoms with Crippen molar-refractivity contribution < 1.29 is 0 Å². The molecule has 0 fully saturated rings. The highest BCUT2D eigenvalue weighted by molar-refractivity contribution is 6.31. The Kier molecular flexibility index (Phi) is 3.80. The van der Waals surface area contributed by atoms with Crippen molar-refractivity contribution in [2.45, 2.75) is 40.0 Å². The zero-order valence-electron chi connectivity index (χ0n) is 13.1. The molecule has 112 valence electrons. The monoisotopic (exact) mass is 311 g/mol. The van der Waals surface area contributed by atoms with E-state index < -0.39 is 0 Å². The lowest BCUT2D eigenvalue weighted by atomic mass is 10.0. The Morgan fingerprint density at radius 2 is 2.09 bits per heavy atom. The summed E-state index contributed by atoms with van der Waals surface area (Å²) in [4.78, 5) is 4.68. The maximum Gasteiger partial charge on any atom is 0.157 e. The average Bonchev–Trinajstić information content (AvgIpc) is 2.88. The van der Waals surface area contributed by atoms with Crippen molar-refractivity contribution in [2.75, 3.05) is 0 Å². The quantitative estimate of drug-likeness (QED) is 0.641. The van der Waals surface area contributed by atoms with Crippen LogP contribution in [-0.4, -0.2) is 9.38 Å². The molecule has 0 spiro atoms. The Bertz CT molecular complexity index is 916. The number of imidazole rings is 1. The highest BCUT2D eigenvalue weighted by Gasteiger charge is 2.19. The number of nitrogens with zero attached hydrogens (tertiary/aromatic N) is 3. The zero-order chi connectivity index (χ0) is 15.9. The van der Waals surface area contributed by atoms with Gasteiger partial charge in [0, 0.05) is 0 Å². The summed E-state index contributed by atoms with van der Waals surface area (Å²) in [5.41, 5.74) is 6.28. The summed E-state index contributed by atoms with van der Waals surface area (Å²) in [5.74, 6) is 0. The van der Waals surface area contributed by atoms with E-state index in [9.17, 15) is 5.26 Å². The minimum atomic E-state index is 0.631. The van der Waals surface area contributed by atoms with Gasteiger partial charge in [-0.3, -0.25) is 4.40 Å². The molecule has 2 aromatic heterocycles. The second kappa shape index (κ2) is 5.62. The highest BCUT2D eigenvalue weighted by atomic mass is 35.5. The molecule has 22 heavy (non-hydrogen) atoms. The van der Waals surface area contributed by atoms with Crippen LogP contribution >= 0.6 is 11.6 Å². The fourth-order valence-electron chi connectivity index (χ4n) is 2.99. The molecule has 0 saturated carbocycles. The summed E-state index contributed by atoms with van der Waals surface area (Å²) in [7, 11) is 0. The zero-order valence-corrected chi connectivity index (χ0v) is 13.8. The second-order valence-electron chi connectivity index (χ2n) is 5.70. The van der Waals surface area contributed by atoms with Gasteiger partial charge in [-0.1, -0.05) is 37.1 Å². The van der Waals surface area contributed by atoms with Crippen molar-refractivity contribution in [3.8, 4) is 6.07 Å². The first-order valence-electron chi connectivity index (χ1n) is 7.59. The molecule has 3 rings (SSSR count). The summed E-state index contributed by atoms with van der Waals surface area (Å²) in [6.45, 7) is 6.16. The Balaban J connectivity index is 2.48. The lowest BCUT2D eigenvalue weighted by molar-refractivity contribution is 0.787. The summed E-state index contributed by atoms with van der Waals surface area (Å²) in [6.07, 6.45) is 3.04. The molecule has 0 bridgehead atoms. The number of pyridine rings is 1. The van der Waals surface area contributed by atoms with E-state index in [0.29, 0.717) is 16.4 Å². The predicted octanol–water partition coefficient (Wildman–Crippen LogP) is 4.97. The summed E-state index contributed by atoms with van der Waals surface area (Å²) < 4.78 is 1.93. The first-order chi connectivity index (χ1) is 10.6. The molecule has 4 heteroatoms. The number of fused-ring (bicyclic) bond motifs is 3. The number of halogens is 1. The van der Waals surface area contributed by atoms with Crippen LogP contribution in [0.2, 0.25) is 5.15 Å². The molecule has 0 atom stereocenters. The minimum absolute atomic E-state index is 0.631. The fourth-order valence-corrected chi connectivity index (χ4v) is 3.40. The van der Waals surface area contributed by atoms with Gasteiger partial charge in [0.25, 0.3) is 0 Å². The third kappa shape index (κ3) is 2.07. The number of benzene rings is 1. The highest BCUT2D eigenvalue weighted by Crippen LogP contribution is 2.32. The van der Waals surface area contributed by atoms with Gasteiger partial charge in [-0.05, 0) is 49.4 Å². The molecule has 1 aromatic carbocycles. The maximum atomic E-state index is 9.61. The van der Waals surface area contributed by atoms with Crippen molar-refractivity contribution >= 4 is 28.3 Å². The molecule has 0 unspecified atom stereocenters. The molecule has 0 N–H and O–H groups in total. The van der Waals surface area contributed by atoms with Gasteiger partial charge < -0.3 is 0 Å². The molecule has 0 aliphatic rings. The Morgan fingerprint density at radius 3 is 2.77 bits per heavy atom. The second-order valence-corrected chi connectivity index (χ2v) is 6.06. The van der Waals surface area contributed by atoms with E-state index in [1.807, 2.05) is 36.4 Å². The molecule has 0 amide bonds. The van der Waals surface area contributed by atoms with Gasteiger partial charge in [0.2, 0.25) is 0 Å². The molecular weight excluding hydrogens is 294 g/mol. The lowest BCUT2D eigenvalue weighted by Gasteiger charge is -2.12. The SMILES string of the molecule is CCCCc1c(C)c(C#N)c2nc3c(C)cccc3n2c1Cl. The van der Waals surface area contributed by atoms with Crippen molar-refractivity contribution in [3.05, 3.63) is 45.6 Å².